The van der Waals surface area contributed by atoms with Crippen LogP contribution in [0.2, 0.25) is 0 Å². The number of carbonyl (C=O) groups is 1. The first-order chi connectivity index (χ1) is 12.9. The fourth-order valence-corrected chi connectivity index (χ4v) is 3.68. The van der Waals surface area contributed by atoms with E-state index in [1.807, 2.05) is 6.92 Å². The Labute approximate surface area is 154 Å². The summed E-state index contributed by atoms with van der Waals surface area (Å²) in [5.74, 6) is -1.53. The van der Waals surface area contributed by atoms with E-state index < -0.39 is 28.6 Å². The molecule has 4 rings (SSSR count). The number of aromatic hydroxyl groups is 1. The van der Waals surface area contributed by atoms with Gasteiger partial charge in [0.15, 0.2) is 0 Å². The normalized spacial score (nSPS) is 15.7. The highest BCUT2D eigenvalue weighted by molar-refractivity contribution is 6.09. The lowest BCUT2D eigenvalue weighted by Crippen LogP contribution is -2.33. The molecule has 7 heteroatoms. The second kappa shape index (κ2) is 6.19. The molecule has 0 saturated heterocycles. The predicted octanol–water partition coefficient (Wildman–Crippen LogP) is 3.31. The Morgan fingerprint density at radius 3 is 2.89 bits per heavy atom. The highest BCUT2D eigenvalue weighted by atomic mass is 19.1. The molecule has 1 atom stereocenters. The number of aryl methyl sites for hydroxylation is 2. The summed E-state index contributed by atoms with van der Waals surface area (Å²) in [6, 6.07) is 7.45. The topological polar surface area (TPSA) is 84.2 Å². The Bertz CT molecular complexity index is 1150. The van der Waals surface area contributed by atoms with E-state index in [9.17, 15) is 19.1 Å². The number of nitrogens with one attached hydrogen (secondary N) is 1. The van der Waals surface area contributed by atoms with Gasteiger partial charge in [-0.3, -0.25) is 9.59 Å². The quantitative estimate of drug-likeness (QED) is 0.728. The van der Waals surface area contributed by atoms with E-state index in [-0.39, 0.29) is 17.2 Å². The van der Waals surface area contributed by atoms with Crippen molar-refractivity contribution < 1.29 is 14.3 Å². The van der Waals surface area contributed by atoms with Crippen molar-refractivity contribution in [2.45, 2.75) is 32.7 Å². The van der Waals surface area contributed by atoms with Crippen LogP contribution in [-0.4, -0.2) is 20.6 Å². The van der Waals surface area contributed by atoms with Gasteiger partial charge in [0.1, 0.15) is 22.9 Å². The Morgan fingerprint density at radius 2 is 2.15 bits per heavy atom. The molecule has 0 spiro atoms. The maximum Gasteiger partial charge on any atom is 0.267 e. The van der Waals surface area contributed by atoms with Crippen LogP contribution in [0.1, 0.15) is 41.0 Å². The lowest BCUT2D eigenvalue weighted by molar-refractivity contribution is 0.102. The number of carbonyl (C=O) groups excluding carboxylic acids is 1. The van der Waals surface area contributed by atoms with Crippen LogP contribution >= 0.6 is 0 Å². The lowest BCUT2D eigenvalue weighted by Gasteiger charge is -2.26. The molecule has 0 bridgehead atoms. The number of aromatic nitrogens is 2. The first kappa shape index (κ1) is 17.2. The summed E-state index contributed by atoms with van der Waals surface area (Å²) in [5, 5.41) is 13.4. The molecule has 1 aliphatic heterocycles. The Balaban J connectivity index is 1.94. The van der Waals surface area contributed by atoms with E-state index in [2.05, 4.69) is 10.3 Å². The smallest absolute Gasteiger partial charge is 0.267 e. The lowest BCUT2D eigenvalue weighted by atomic mass is 9.95. The molecule has 6 nitrogen and oxygen atoms in total. The third kappa shape index (κ3) is 2.75. The average Bonchev–Trinajstić information content (AvgIpc) is 2.60. The van der Waals surface area contributed by atoms with E-state index >= 15 is 0 Å². The first-order valence-corrected chi connectivity index (χ1v) is 8.71. The summed E-state index contributed by atoms with van der Waals surface area (Å²) in [5.41, 5.74) is 0.842. The molecular weight excluding hydrogens is 349 g/mol. The van der Waals surface area contributed by atoms with Gasteiger partial charge in [-0.1, -0.05) is 6.07 Å². The van der Waals surface area contributed by atoms with Gasteiger partial charge in [-0.15, -0.1) is 0 Å². The molecule has 0 fully saturated rings. The predicted molar refractivity (Wildman–Crippen MR) is 99.8 cm³/mol. The number of pyridine rings is 2. The van der Waals surface area contributed by atoms with Gasteiger partial charge >= 0.3 is 0 Å². The van der Waals surface area contributed by atoms with Gasteiger partial charge in [-0.25, -0.2) is 9.37 Å². The van der Waals surface area contributed by atoms with E-state index in [4.69, 9.17) is 0 Å². The number of halogens is 1. The van der Waals surface area contributed by atoms with Crippen LogP contribution in [0.15, 0.2) is 35.1 Å². The standard InChI is InChI=1S/C20H18FN3O3/c1-10-4-3-5-15(22-10)23-19(26)16-18(25)14-9-13(21)8-12-7-6-11(2)24(17(12)14)20(16)27/h3-5,8-9,11,25H,6-7H2,1-2H3,(H,22,23,26). The van der Waals surface area contributed by atoms with Crippen molar-refractivity contribution in [2.75, 3.05) is 5.32 Å². The summed E-state index contributed by atoms with van der Waals surface area (Å²) in [6.07, 6.45) is 1.25. The summed E-state index contributed by atoms with van der Waals surface area (Å²) in [6.45, 7) is 3.64. The molecule has 27 heavy (non-hydrogen) atoms. The number of nitrogens with zero attached hydrogens (tertiary/aromatic N) is 2. The molecular formula is C20H18FN3O3. The van der Waals surface area contributed by atoms with Gasteiger partial charge in [0.05, 0.1) is 5.52 Å². The molecule has 2 N–H and O–H groups in total. The zero-order valence-corrected chi connectivity index (χ0v) is 14.9. The summed E-state index contributed by atoms with van der Waals surface area (Å²) >= 11 is 0. The zero-order chi connectivity index (χ0) is 19.3. The van der Waals surface area contributed by atoms with Crippen molar-refractivity contribution in [1.82, 2.24) is 9.55 Å². The number of benzene rings is 1. The fraction of sp³-hybridized carbons (Fsp3) is 0.250. The largest absolute Gasteiger partial charge is 0.506 e. The molecule has 3 aromatic rings. The molecule has 138 valence electrons. The van der Waals surface area contributed by atoms with Crippen LogP contribution in [0, 0.1) is 12.7 Å². The minimum absolute atomic E-state index is 0.165. The minimum atomic E-state index is -0.773. The molecule has 0 radical (unpaired) electrons. The number of hydrogen-bond acceptors (Lipinski definition) is 4. The second-order valence-corrected chi connectivity index (χ2v) is 6.87. The van der Waals surface area contributed by atoms with Crippen LogP contribution in [0.25, 0.3) is 10.9 Å². The van der Waals surface area contributed by atoms with Gasteiger partial charge in [-0.05, 0) is 56.5 Å². The highest BCUT2D eigenvalue weighted by Gasteiger charge is 2.28. The van der Waals surface area contributed by atoms with Crippen molar-refractivity contribution in [3.8, 4) is 5.75 Å². The maximum absolute atomic E-state index is 14.0. The molecule has 1 aliphatic rings. The van der Waals surface area contributed by atoms with Crippen LogP contribution < -0.4 is 10.9 Å². The van der Waals surface area contributed by atoms with E-state index in [1.54, 1.807) is 25.1 Å². The van der Waals surface area contributed by atoms with Crippen molar-refractivity contribution >= 4 is 22.6 Å². The number of amides is 1. The van der Waals surface area contributed by atoms with Crippen molar-refractivity contribution in [1.29, 1.82) is 0 Å². The first-order valence-electron chi connectivity index (χ1n) is 8.71. The van der Waals surface area contributed by atoms with Crippen LogP contribution in [-0.2, 0) is 6.42 Å². The number of anilines is 1. The van der Waals surface area contributed by atoms with Crippen molar-refractivity contribution in [3.63, 3.8) is 0 Å². The molecule has 1 amide bonds. The van der Waals surface area contributed by atoms with Gasteiger partial charge in [0.2, 0.25) is 0 Å². The maximum atomic E-state index is 14.0. The van der Waals surface area contributed by atoms with Gasteiger partial charge < -0.3 is 15.0 Å². The Morgan fingerprint density at radius 1 is 1.37 bits per heavy atom. The highest BCUT2D eigenvalue weighted by Crippen LogP contribution is 2.35. The Hall–Kier alpha value is -3.22. The Kier molecular flexibility index (Phi) is 3.95. The van der Waals surface area contributed by atoms with E-state index in [0.717, 1.165) is 6.07 Å². The van der Waals surface area contributed by atoms with Crippen LogP contribution in [0.5, 0.6) is 5.75 Å². The van der Waals surface area contributed by atoms with Crippen LogP contribution in [0.4, 0.5) is 10.2 Å². The van der Waals surface area contributed by atoms with Gasteiger partial charge in [0.25, 0.3) is 11.5 Å². The van der Waals surface area contributed by atoms with Crippen molar-refractivity contribution in [2.24, 2.45) is 0 Å². The zero-order valence-electron chi connectivity index (χ0n) is 14.9. The summed E-state index contributed by atoms with van der Waals surface area (Å²) < 4.78 is 15.5. The number of rotatable bonds is 2. The average molecular weight is 367 g/mol. The van der Waals surface area contributed by atoms with Gasteiger partial charge in [-0.2, -0.15) is 0 Å². The molecule has 2 aromatic heterocycles. The summed E-state index contributed by atoms with van der Waals surface area (Å²) in [4.78, 5) is 30.0. The monoisotopic (exact) mass is 367 g/mol. The fourth-order valence-electron chi connectivity index (χ4n) is 3.68. The molecule has 3 heterocycles. The minimum Gasteiger partial charge on any atom is -0.506 e. The SMILES string of the molecule is Cc1cccc(NC(=O)c2c(O)c3cc(F)cc4c3n(c2=O)C(C)CC4)n1. The van der Waals surface area contributed by atoms with Gasteiger partial charge in [0, 0.05) is 17.1 Å². The van der Waals surface area contributed by atoms with E-state index in [0.29, 0.717) is 29.6 Å². The molecule has 0 saturated carbocycles. The molecule has 1 aromatic carbocycles. The second-order valence-electron chi connectivity index (χ2n) is 6.87. The number of hydrogen-bond donors (Lipinski definition) is 2. The van der Waals surface area contributed by atoms with E-state index in [1.165, 1.54) is 10.6 Å². The van der Waals surface area contributed by atoms with Crippen LogP contribution in [0.3, 0.4) is 0 Å². The molecule has 0 aliphatic carbocycles. The molecule has 1 unspecified atom stereocenters. The summed E-state index contributed by atoms with van der Waals surface area (Å²) in [7, 11) is 0. The third-order valence-electron chi connectivity index (χ3n) is 4.95. The van der Waals surface area contributed by atoms with Crippen molar-refractivity contribution in [3.05, 3.63) is 63.3 Å². The third-order valence-corrected chi connectivity index (χ3v) is 4.95.